The second kappa shape index (κ2) is 6.20. The summed E-state index contributed by atoms with van der Waals surface area (Å²) < 4.78 is 0. The molecule has 1 N–H and O–H groups in total. The van der Waals surface area contributed by atoms with E-state index in [9.17, 15) is 9.59 Å². The van der Waals surface area contributed by atoms with Gasteiger partial charge in [-0.3, -0.25) is 9.59 Å². The molecule has 1 aliphatic heterocycles. The number of hydrogen-bond donors (Lipinski definition) is 1. The Morgan fingerprint density at radius 2 is 1.91 bits per heavy atom. The second-order valence-corrected chi connectivity index (χ2v) is 5.89. The van der Waals surface area contributed by atoms with E-state index in [4.69, 9.17) is 0 Å². The van der Waals surface area contributed by atoms with E-state index in [0.29, 0.717) is 12.4 Å². The summed E-state index contributed by atoms with van der Waals surface area (Å²) in [5, 5.41) is 2.80. The van der Waals surface area contributed by atoms with Gasteiger partial charge < -0.3 is 10.2 Å². The third-order valence-corrected chi connectivity index (χ3v) is 3.98. The van der Waals surface area contributed by atoms with E-state index in [0.717, 1.165) is 16.9 Å². The van der Waals surface area contributed by atoms with Crippen molar-refractivity contribution in [2.45, 2.75) is 20.3 Å². The van der Waals surface area contributed by atoms with E-state index in [1.54, 1.807) is 11.0 Å². The van der Waals surface area contributed by atoms with Gasteiger partial charge in [-0.15, -0.1) is 0 Å². The molecule has 5 nitrogen and oxygen atoms in total. The highest BCUT2D eigenvalue weighted by atomic mass is 16.2. The quantitative estimate of drug-likeness (QED) is 0.948. The van der Waals surface area contributed by atoms with Crippen LogP contribution in [0, 0.1) is 19.8 Å². The van der Waals surface area contributed by atoms with Crippen molar-refractivity contribution in [3.8, 4) is 0 Å². The highest BCUT2D eigenvalue weighted by Gasteiger charge is 2.35. The standard InChI is InChI=1S/C18H19N3O2/c1-12-6-8-15(9-7-12)21-11-14(10-17(21)22)18(23)20-16-5-3-4-13(2)19-16/h3-9,14H,10-11H2,1-2H3,(H,19,20,23)/t14-/m0/s1. The second-order valence-electron chi connectivity index (χ2n) is 5.89. The summed E-state index contributed by atoms with van der Waals surface area (Å²) in [6.07, 6.45) is 0.228. The minimum Gasteiger partial charge on any atom is -0.312 e. The van der Waals surface area contributed by atoms with Gasteiger partial charge in [-0.05, 0) is 38.1 Å². The zero-order valence-electron chi connectivity index (χ0n) is 13.2. The van der Waals surface area contributed by atoms with Gasteiger partial charge in [0.25, 0.3) is 0 Å². The number of pyridine rings is 1. The number of aromatic nitrogens is 1. The average molecular weight is 309 g/mol. The van der Waals surface area contributed by atoms with Crippen LogP contribution in [0.2, 0.25) is 0 Å². The first-order valence-electron chi connectivity index (χ1n) is 7.64. The number of carbonyl (C=O) groups is 2. The van der Waals surface area contributed by atoms with Crippen molar-refractivity contribution in [3.63, 3.8) is 0 Å². The maximum Gasteiger partial charge on any atom is 0.230 e. The summed E-state index contributed by atoms with van der Waals surface area (Å²) in [6, 6.07) is 13.2. The number of amides is 2. The molecule has 2 amide bonds. The number of aryl methyl sites for hydroxylation is 2. The lowest BCUT2D eigenvalue weighted by molar-refractivity contribution is -0.122. The minimum absolute atomic E-state index is 0.0220. The topological polar surface area (TPSA) is 62.3 Å². The maximum absolute atomic E-state index is 12.4. The smallest absolute Gasteiger partial charge is 0.230 e. The SMILES string of the molecule is Cc1ccc(N2C[C@@H](C(=O)Nc3cccc(C)n3)CC2=O)cc1. The molecule has 0 spiro atoms. The highest BCUT2D eigenvalue weighted by molar-refractivity contribution is 6.03. The number of hydrogen-bond acceptors (Lipinski definition) is 3. The van der Waals surface area contributed by atoms with Crippen LogP contribution in [0.5, 0.6) is 0 Å². The van der Waals surface area contributed by atoms with E-state index in [1.807, 2.05) is 50.2 Å². The lowest BCUT2D eigenvalue weighted by Gasteiger charge is -2.17. The fourth-order valence-electron chi connectivity index (χ4n) is 2.70. The Hall–Kier alpha value is -2.69. The highest BCUT2D eigenvalue weighted by Crippen LogP contribution is 2.26. The van der Waals surface area contributed by atoms with Crippen molar-refractivity contribution in [3.05, 3.63) is 53.7 Å². The Morgan fingerprint density at radius 3 is 2.61 bits per heavy atom. The molecule has 1 aliphatic rings. The molecule has 23 heavy (non-hydrogen) atoms. The molecule has 0 bridgehead atoms. The Bertz CT molecular complexity index is 740. The first kappa shape index (κ1) is 15.2. The largest absolute Gasteiger partial charge is 0.312 e. The Balaban J connectivity index is 1.69. The molecule has 118 valence electrons. The van der Waals surface area contributed by atoms with Gasteiger partial charge in [0.2, 0.25) is 11.8 Å². The van der Waals surface area contributed by atoms with Gasteiger partial charge in [-0.2, -0.15) is 0 Å². The number of benzene rings is 1. The van der Waals surface area contributed by atoms with Crippen LogP contribution in [0.1, 0.15) is 17.7 Å². The summed E-state index contributed by atoms with van der Waals surface area (Å²) >= 11 is 0. The summed E-state index contributed by atoms with van der Waals surface area (Å²) in [4.78, 5) is 30.5. The Morgan fingerprint density at radius 1 is 1.17 bits per heavy atom. The number of nitrogens with one attached hydrogen (secondary N) is 1. The average Bonchev–Trinajstić information content (AvgIpc) is 2.90. The molecular formula is C18H19N3O2. The molecule has 1 aromatic heterocycles. The van der Waals surface area contributed by atoms with Crippen LogP contribution in [0.4, 0.5) is 11.5 Å². The van der Waals surface area contributed by atoms with Gasteiger partial charge in [0.15, 0.2) is 0 Å². The van der Waals surface area contributed by atoms with Crippen LogP contribution in [0.3, 0.4) is 0 Å². The van der Waals surface area contributed by atoms with Gasteiger partial charge in [0, 0.05) is 24.3 Å². The van der Waals surface area contributed by atoms with Crippen LogP contribution >= 0.6 is 0 Å². The predicted octanol–water partition coefficient (Wildman–Crippen LogP) is 2.69. The van der Waals surface area contributed by atoms with Crippen molar-refractivity contribution in [1.82, 2.24) is 4.98 Å². The van der Waals surface area contributed by atoms with E-state index >= 15 is 0 Å². The predicted molar refractivity (Wildman–Crippen MR) is 89.2 cm³/mol. The molecule has 1 atom stereocenters. The normalized spacial score (nSPS) is 17.4. The first-order chi connectivity index (χ1) is 11.0. The van der Waals surface area contributed by atoms with Crippen molar-refractivity contribution in [2.75, 3.05) is 16.8 Å². The molecule has 1 saturated heterocycles. The fourth-order valence-corrected chi connectivity index (χ4v) is 2.70. The van der Waals surface area contributed by atoms with Gasteiger partial charge in [0.1, 0.15) is 5.82 Å². The molecule has 0 aliphatic carbocycles. The lowest BCUT2D eigenvalue weighted by Crippen LogP contribution is -2.28. The van der Waals surface area contributed by atoms with Crippen molar-refractivity contribution in [1.29, 1.82) is 0 Å². The first-order valence-corrected chi connectivity index (χ1v) is 7.64. The molecule has 0 unspecified atom stereocenters. The van der Waals surface area contributed by atoms with E-state index in [-0.39, 0.29) is 24.2 Å². The Labute approximate surface area is 135 Å². The van der Waals surface area contributed by atoms with Crippen molar-refractivity contribution in [2.24, 2.45) is 5.92 Å². The fraction of sp³-hybridized carbons (Fsp3) is 0.278. The van der Waals surface area contributed by atoms with Crippen LogP contribution in [-0.4, -0.2) is 23.3 Å². The van der Waals surface area contributed by atoms with Gasteiger partial charge >= 0.3 is 0 Å². The summed E-state index contributed by atoms with van der Waals surface area (Å²) in [5.74, 6) is -0.0142. The van der Waals surface area contributed by atoms with E-state index in [2.05, 4.69) is 10.3 Å². The van der Waals surface area contributed by atoms with Crippen LogP contribution in [-0.2, 0) is 9.59 Å². The number of rotatable bonds is 3. The molecule has 3 rings (SSSR count). The Kier molecular flexibility index (Phi) is 4.10. The van der Waals surface area contributed by atoms with Crippen molar-refractivity contribution >= 4 is 23.3 Å². The third-order valence-electron chi connectivity index (χ3n) is 3.98. The summed E-state index contributed by atoms with van der Waals surface area (Å²) in [7, 11) is 0. The summed E-state index contributed by atoms with van der Waals surface area (Å²) in [5.41, 5.74) is 2.82. The molecule has 0 radical (unpaired) electrons. The zero-order valence-corrected chi connectivity index (χ0v) is 13.2. The van der Waals surface area contributed by atoms with Crippen molar-refractivity contribution < 1.29 is 9.59 Å². The van der Waals surface area contributed by atoms with E-state index < -0.39 is 0 Å². The maximum atomic E-state index is 12.4. The molecule has 1 aromatic carbocycles. The number of carbonyl (C=O) groups excluding carboxylic acids is 2. The third kappa shape index (κ3) is 3.39. The van der Waals surface area contributed by atoms with Crippen LogP contribution in [0.25, 0.3) is 0 Å². The molecule has 5 heteroatoms. The number of anilines is 2. The van der Waals surface area contributed by atoms with Gasteiger partial charge in [0.05, 0.1) is 5.92 Å². The molecule has 0 saturated carbocycles. The number of nitrogens with zero attached hydrogens (tertiary/aromatic N) is 2. The molecule has 2 heterocycles. The minimum atomic E-state index is -0.355. The molecule has 1 fully saturated rings. The monoisotopic (exact) mass is 309 g/mol. The lowest BCUT2D eigenvalue weighted by atomic mass is 10.1. The van der Waals surface area contributed by atoms with Crippen LogP contribution < -0.4 is 10.2 Å². The van der Waals surface area contributed by atoms with Gasteiger partial charge in [-0.1, -0.05) is 23.8 Å². The molecular weight excluding hydrogens is 290 g/mol. The zero-order chi connectivity index (χ0) is 16.4. The molecule has 2 aromatic rings. The van der Waals surface area contributed by atoms with Gasteiger partial charge in [-0.25, -0.2) is 4.98 Å². The van der Waals surface area contributed by atoms with E-state index in [1.165, 1.54) is 0 Å². The summed E-state index contributed by atoms with van der Waals surface area (Å²) in [6.45, 7) is 4.27. The van der Waals surface area contributed by atoms with Crippen LogP contribution in [0.15, 0.2) is 42.5 Å².